The van der Waals surface area contributed by atoms with Crippen LogP contribution in [0.5, 0.6) is 5.75 Å². The number of nitrogens with one attached hydrogen (secondary N) is 1. The molecule has 2 aliphatic rings. The van der Waals surface area contributed by atoms with E-state index in [1.54, 1.807) is 7.11 Å². The number of hydrogen-bond acceptors (Lipinski definition) is 5. The first kappa shape index (κ1) is 16.7. The van der Waals surface area contributed by atoms with Crippen LogP contribution in [0.3, 0.4) is 0 Å². The number of hydrogen-bond donors (Lipinski definition) is 1. The Bertz CT molecular complexity index is 483. The van der Waals surface area contributed by atoms with E-state index in [4.69, 9.17) is 14.2 Å². The largest absolute Gasteiger partial charge is 0.496 e. The molecule has 0 spiro atoms. The van der Waals surface area contributed by atoms with Crippen molar-refractivity contribution in [2.45, 2.75) is 32.0 Å². The van der Waals surface area contributed by atoms with Crippen molar-refractivity contribution in [3.63, 3.8) is 0 Å². The molecule has 1 aromatic rings. The van der Waals surface area contributed by atoms with Crippen molar-refractivity contribution in [2.24, 2.45) is 0 Å². The highest BCUT2D eigenvalue weighted by molar-refractivity contribution is 5.37. The van der Waals surface area contributed by atoms with Gasteiger partial charge in [0.05, 0.1) is 26.4 Å². The van der Waals surface area contributed by atoms with Gasteiger partial charge >= 0.3 is 0 Å². The highest BCUT2D eigenvalue weighted by atomic mass is 16.5. The zero-order chi connectivity index (χ0) is 15.9. The molecule has 0 aliphatic carbocycles. The Morgan fingerprint density at radius 3 is 2.87 bits per heavy atom. The van der Waals surface area contributed by atoms with Gasteiger partial charge in [-0.2, -0.15) is 0 Å². The Hall–Kier alpha value is -1.14. The molecule has 5 nitrogen and oxygen atoms in total. The Kier molecular flexibility index (Phi) is 6.28. The van der Waals surface area contributed by atoms with Gasteiger partial charge in [-0.1, -0.05) is 6.07 Å². The quantitative estimate of drug-likeness (QED) is 0.830. The van der Waals surface area contributed by atoms with E-state index in [1.165, 1.54) is 24.0 Å². The lowest BCUT2D eigenvalue weighted by Crippen LogP contribution is -2.35. The van der Waals surface area contributed by atoms with Crippen molar-refractivity contribution >= 4 is 0 Å². The number of morpholine rings is 1. The van der Waals surface area contributed by atoms with Crippen molar-refractivity contribution in [3.05, 3.63) is 29.3 Å². The second kappa shape index (κ2) is 8.64. The van der Waals surface area contributed by atoms with Gasteiger partial charge in [-0.15, -0.1) is 0 Å². The number of benzene rings is 1. The molecule has 2 fully saturated rings. The van der Waals surface area contributed by atoms with E-state index >= 15 is 0 Å². The average molecular weight is 320 g/mol. The number of rotatable bonds is 7. The van der Waals surface area contributed by atoms with Gasteiger partial charge in [0.25, 0.3) is 0 Å². The monoisotopic (exact) mass is 320 g/mol. The number of methoxy groups -OCH3 is 1. The second-order valence-electron chi connectivity index (χ2n) is 6.30. The lowest BCUT2D eigenvalue weighted by Gasteiger charge is -2.27. The van der Waals surface area contributed by atoms with E-state index in [9.17, 15) is 0 Å². The standard InChI is InChI=1S/C18H28N2O3/c1-21-18-5-4-15(12-19-13-17-3-2-8-23-17)11-16(18)14-20-6-9-22-10-7-20/h4-5,11,17,19H,2-3,6-10,12-14H2,1H3/t17-/m0/s1. The summed E-state index contributed by atoms with van der Waals surface area (Å²) in [6, 6.07) is 6.49. The summed E-state index contributed by atoms with van der Waals surface area (Å²) in [7, 11) is 1.74. The molecular formula is C18H28N2O3. The smallest absolute Gasteiger partial charge is 0.123 e. The Balaban J connectivity index is 1.56. The number of nitrogens with zero attached hydrogens (tertiary/aromatic N) is 1. The Morgan fingerprint density at radius 1 is 1.26 bits per heavy atom. The summed E-state index contributed by atoms with van der Waals surface area (Å²) >= 11 is 0. The van der Waals surface area contributed by atoms with Crippen molar-refractivity contribution in [3.8, 4) is 5.75 Å². The molecule has 1 atom stereocenters. The molecule has 0 saturated carbocycles. The van der Waals surface area contributed by atoms with Crippen molar-refractivity contribution in [2.75, 3.05) is 46.6 Å². The normalized spacial score (nSPS) is 22.4. The third-order valence-electron chi connectivity index (χ3n) is 4.57. The van der Waals surface area contributed by atoms with Crippen LogP contribution in [0, 0.1) is 0 Å². The highest BCUT2D eigenvalue weighted by Crippen LogP contribution is 2.22. The minimum absolute atomic E-state index is 0.390. The summed E-state index contributed by atoms with van der Waals surface area (Å²) in [5.41, 5.74) is 2.55. The molecule has 0 unspecified atom stereocenters. The van der Waals surface area contributed by atoms with E-state index in [0.717, 1.165) is 58.3 Å². The van der Waals surface area contributed by atoms with E-state index in [0.29, 0.717) is 6.10 Å². The van der Waals surface area contributed by atoms with Gasteiger partial charge in [0, 0.05) is 44.9 Å². The molecule has 0 aromatic heterocycles. The predicted molar refractivity (Wildman–Crippen MR) is 89.8 cm³/mol. The lowest BCUT2D eigenvalue weighted by molar-refractivity contribution is 0.0339. The fraction of sp³-hybridized carbons (Fsp3) is 0.667. The van der Waals surface area contributed by atoms with Crippen LogP contribution in [-0.4, -0.2) is 57.6 Å². The molecule has 3 rings (SSSR count). The van der Waals surface area contributed by atoms with Crippen molar-refractivity contribution in [1.82, 2.24) is 10.2 Å². The first-order valence-corrected chi connectivity index (χ1v) is 8.63. The van der Waals surface area contributed by atoms with Gasteiger partial charge in [0.2, 0.25) is 0 Å². The SMILES string of the molecule is COc1ccc(CNC[C@@H]2CCCO2)cc1CN1CCOCC1. The highest BCUT2D eigenvalue weighted by Gasteiger charge is 2.16. The van der Waals surface area contributed by atoms with Crippen LogP contribution in [-0.2, 0) is 22.6 Å². The molecule has 2 saturated heterocycles. The maximum Gasteiger partial charge on any atom is 0.123 e. The van der Waals surface area contributed by atoms with Gasteiger partial charge in [-0.05, 0) is 30.5 Å². The van der Waals surface area contributed by atoms with Crippen LogP contribution in [0.4, 0.5) is 0 Å². The summed E-state index contributed by atoms with van der Waals surface area (Å²) in [6.07, 6.45) is 2.76. The zero-order valence-corrected chi connectivity index (χ0v) is 14.1. The molecule has 23 heavy (non-hydrogen) atoms. The second-order valence-corrected chi connectivity index (χ2v) is 6.30. The van der Waals surface area contributed by atoms with Crippen LogP contribution in [0.2, 0.25) is 0 Å². The topological polar surface area (TPSA) is 43.0 Å². The van der Waals surface area contributed by atoms with Crippen LogP contribution in [0.15, 0.2) is 18.2 Å². The average Bonchev–Trinajstić information content (AvgIpc) is 3.09. The van der Waals surface area contributed by atoms with Gasteiger partial charge in [0.15, 0.2) is 0 Å². The van der Waals surface area contributed by atoms with Crippen molar-refractivity contribution < 1.29 is 14.2 Å². The molecule has 0 bridgehead atoms. The zero-order valence-electron chi connectivity index (χ0n) is 14.1. The van der Waals surface area contributed by atoms with Crippen LogP contribution in [0.1, 0.15) is 24.0 Å². The molecule has 0 amide bonds. The summed E-state index contributed by atoms with van der Waals surface area (Å²) in [5.74, 6) is 0.972. The fourth-order valence-electron chi connectivity index (χ4n) is 3.25. The maximum atomic E-state index is 5.65. The molecule has 2 aliphatic heterocycles. The van der Waals surface area contributed by atoms with Crippen molar-refractivity contribution in [1.29, 1.82) is 0 Å². The molecule has 128 valence electrons. The van der Waals surface area contributed by atoms with E-state index in [2.05, 4.69) is 28.4 Å². The molecule has 0 radical (unpaired) electrons. The van der Waals surface area contributed by atoms with Gasteiger partial charge in [-0.25, -0.2) is 0 Å². The molecule has 1 N–H and O–H groups in total. The third kappa shape index (κ3) is 4.91. The first-order valence-electron chi connectivity index (χ1n) is 8.63. The third-order valence-corrected chi connectivity index (χ3v) is 4.57. The van der Waals surface area contributed by atoms with E-state index in [-0.39, 0.29) is 0 Å². The minimum Gasteiger partial charge on any atom is -0.496 e. The van der Waals surface area contributed by atoms with Crippen LogP contribution < -0.4 is 10.1 Å². The Morgan fingerprint density at radius 2 is 2.13 bits per heavy atom. The van der Waals surface area contributed by atoms with Gasteiger partial charge < -0.3 is 19.5 Å². The van der Waals surface area contributed by atoms with Crippen LogP contribution >= 0.6 is 0 Å². The van der Waals surface area contributed by atoms with E-state index < -0.39 is 0 Å². The van der Waals surface area contributed by atoms with Gasteiger partial charge in [0.1, 0.15) is 5.75 Å². The summed E-state index contributed by atoms with van der Waals surface area (Å²) < 4.78 is 16.6. The van der Waals surface area contributed by atoms with Crippen LogP contribution in [0.25, 0.3) is 0 Å². The number of ether oxygens (including phenoxy) is 3. The van der Waals surface area contributed by atoms with Gasteiger partial charge in [-0.3, -0.25) is 4.90 Å². The maximum absolute atomic E-state index is 5.65. The summed E-state index contributed by atoms with van der Waals surface area (Å²) in [4.78, 5) is 2.42. The molecule has 1 aromatic carbocycles. The Labute approximate surface area is 138 Å². The molecule has 2 heterocycles. The first-order chi connectivity index (χ1) is 11.3. The summed E-state index contributed by atoms with van der Waals surface area (Å²) in [5, 5.41) is 3.51. The minimum atomic E-state index is 0.390. The van der Waals surface area contributed by atoms with E-state index in [1.807, 2.05) is 0 Å². The predicted octanol–water partition coefficient (Wildman–Crippen LogP) is 1.80. The molecular weight excluding hydrogens is 292 g/mol. The fourth-order valence-corrected chi connectivity index (χ4v) is 3.25. The summed E-state index contributed by atoms with van der Waals surface area (Å²) in [6.45, 7) is 7.28. The lowest BCUT2D eigenvalue weighted by atomic mass is 10.1. The molecule has 5 heteroatoms.